The van der Waals surface area contributed by atoms with Crippen molar-refractivity contribution >= 4 is 29.9 Å². The summed E-state index contributed by atoms with van der Waals surface area (Å²) in [4.78, 5) is 13.3. The molecule has 7 heteroatoms. The first kappa shape index (κ1) is 13.1. The summed E-state index contributed by atoms with van der Waals surface area (Å²) in [5.74, 6) is 0.0262. The molecular formula is C9H13Cl2N3O2. The van der Waals surface area contributed by atoms with Gasteiger partial charge in [0, 0.05) is 6.54 Å². The summed E-state index contributed by atoms with van der Waals surface area (Å²) in [5.41, 5.74) is 0.673. The fraction of sp³-hybridized carbons (Fsp3) is 0.556. The van der Waals surface area contributed by atoms with E-state index in [0.29, 0.717) is 25.3 Å². The Hall–Kier alpha value is -0.940. The van der Waals surface area contributed by atoms with Crippen LogP contribution in [-0.2, 0) is 17.9 Å². The third kappa shape index (κ3) is 2.25. The predicted octanol–water partition coefficient (Wildman–Crippen LogP) is 0.980. The number of hydrogen-bond acceptors (Lipinski definition) is 3. The number of aromatic nitrogens is 2. The van der Waals surface area contributed by atoms with Crippen molar-refractivity contribution < 1.29 is 9.90 Å². The maximum absolute atomic E-state index is 11.6. The van der Waals surface area contributed by atoms with E-state index >= 15 is 0 Å². The van der Waals surface area contributed by atoms with Gasteiger partial charge in [-0.2, -0.15) is 5.10 Å². The molecule has 0 saturated carbocycles. The van der Waals surface area contributed by atoms with Gasteiger partial charge >= 0.3 is 0 Å². The van der Waals surface area contributed by atoms with Gasteiger partial charge in [-0.25, -0.2) is 0 Å². The molecule has 1 unspecified atom stereocenters. The first-order chi connectivity index (χ1) is 7.09. The SMILES string of the molecule is CC(Cl)C(=O)N1CCn2ncc(O)c2C1.Cl. The maximum atomic E-state index is 11.6. The molecule has 1 aromatic rings. The molecule has 5 nitrogen and oxygen atoms in total. The third-order valence-corrected chi connectivity index (χ3v) is 2.69. The van der Waals surface area contributed by atoms with Crippen molar-refractivity contribution in [1.82, 2.24) is 14.7 Å². The Morgan fingerprint density at radius 1 is 1.62 bits per heavy atom. The lowest BCUT2D eigenvalue weighted by molar-refractivity contribution is -0.132. The van der Waals surface area contributed by atoms with Crippen LogP contribution in [0.4, 0.5) is 0 Å². The number of alkyl halides is 1. The van der Waals surface area contributed by atoms with Crippen molar-refractivity contribution in [2.24, 2.45) is 0 Å². The Bertz CT molecular complexity index is 392. The lowest BCUT2D eigenvalue weighted by atomic mass is 10.2. The lowest BCUT2D eigenvalue weighted by Gasteiger charge is -2.28. The quantitative estimate of drug-likeness (QED) is 0.771. The summed E-state index contributed by atoms with van der Waals surface area (Å²) in [7, 11) is 0. The van der Waals surface area contributed by atoms with Crippen LogP contribution in [-0.4, -0.2) is 37.6 Å². The van der Waals surface area contributed by atoms with Crippen LogP contribution < -0.4 is 0 Å². The number of nitrogens with zero attached hydrogens (tertiary/aromatic N) is 3. The van der Waals surface area contributed by atoms with Crippen LogP contribution in [0.1, 0.15) is 12.6 Å². The van der Waals surface area contributed by atoms with Crippen LogP contribution in [0.5, 0.6) is 5.75 Å². The van der Waals surface area contributed by atoms with Crippen molar-refractivity contribution in [3.05, 3.63) is 11.9 Å². The summed E-state index contributed by atoms with van der Waals surface area (Å²) in [5, 5.41) is 12.9. The van der Waals surface area contributed by atoms with Gasteiger partial charge in [0.1, 0.15) is 5.38 Å². The predicted molar refractivity (Wildman–Crippen MR) is 61.9 cm³/mol. The van der Waals surface area contributed by atoms with Crippen LogP contribution in [0.2, 0.25) is 0 Å². The monoisotopic (exact) mass is 265 g/mol. The van der Waals surface area contributed by atoms with Gasteiger partial charge in [-0.1, -0.05) is 0 Å². The maximum Gasteiger partial charge on any atom is 0.240 e. The van der Waals surface area contributed by atoms with E-state index in [4.69, 9.17) is 11.6 Å². The van der Waals surface area contributed by atoms with E-state index in [0.717, 1.165) is 0 Å². The number of amides is 1. The molecule has 1 aromatic heterocycles. The van der Waals surface area contributed by atoms with Gasteiger partial charge in [0.15, 0.2) is 5.75 Å². The van der Waals surface area contributed by atoms with E-state index in [1.165, 1.54) is 6.20 Å². The molecule has 0 bridgehead atoms. The normalized spacial score (nSPS) is 16.2. The molecule has 0 radical (unpaired) electrons. The van der Waals surface area contributed by atoms with Gasteiger partial charge in [-0.3, -0.25) is 9.48 Å². The van der Waals surface area contributed by atoms with Crippen LogP contribution in [0.3, 0.4) is 0 Å². The standard InChI is InChI=1S/C9H12ClN3O2.ClH/c1-6(10)9(15)12-2-3-13-7(5-12)8(14)4-11-13;/h4,6,14H,2-3,5H2,1H3;1H. The van der Waals surface area contributed by atoms with Gasteiger partial charge < -0.3 is 10.0 Å². The highest BCUT2D eigenvalue weighted by molar-refractivity contribution is 6.30. The zero-order valence-electron chi connectivity index (χ0n) is 8.76. The van der Waals surface area contributed by atoms with E-state index in [1.807, 2.05) is 0 Å². The number of carbonyl (C=O) groups excluding carboxylic acids is 1. The zero-order chi connectivity index (χ0) is 11.0. The smallest absolute Gasteiger partial charge is 0.240 e. The van der Waals surface area contributed by atoms with Gasteiger partial charge in [-0.15, -0.1) is 24.0 Å². The van der Waals surface area contributed by atoms with Gasteiger partial charge in [0.2, 0.25) is 5.91 Å². The fourth-order valence-electron chi connectivity index (χ4n) is 1.67. The molecule has 1 amide bonds. The minimum atomic E-state index is -0.526. The molecule has 1 aliphatic rings. The molecule has 0 saturated heterocycles. The molecule has 1 aliphatic heterocycles. The van der Waals surface area contributed by atoms with Crippen LogP contribution in [0, 0.1) is 0 Å². The summed E-state index contributed by atoms with van der Waals surface area (Å²) in [6.07, 6.45) is 1.40. The number of fused-ring (bicyclic) bond motifs is 1. The van der Waals surface area contributed by atoms with E-state index in [9.17, 15) is 9.90 Å². The molecule has 2 heterocycles. The molecule has 1 N–H and O–H groups in total. The molecule has 90 valence electrons. The van der Waals surface area contributed by atoms with Gasteiger partial charge in [0.05, 0.1) is 25.0 Å². The zero-order valence-corrected chi connectivity index (χ0v) is 10.3. The molecule has 0 fully saturated rings. The first-order valence-electron chi connectivity index (χ1n) is 4.76. The molecule has 2 rings (SSSR count). The minimum absolute atomic E-state index is 0. The van der Waals surface area contributed by atoms with Crippen LogP contribution in [0.25, 0.3) is 0 Å². The highest BCUT2D eigenvalue weighted by Gasteiger charge is 2.25. The highest BCUT2D eigenvalue weighted by atomic mass is 35.5. The van der Waals surface area contributed by atoms with Gasteiger partial charge in [-0.05, 0) is 6.92 Å². The van der Waals surface area contributed by atoms with Gasteiger partial charge in [0.25, 0.3) is 0 Å². The number of halogens is 2. The Kier molecular flexibility index (Phi) is 4.04. The number of aromatic hydroxyl groups is 1. The largest absolute Gasteiger partial charge is 0.504 e. The fourth-order valence-corrected chi connectivity index (χ4v) is 1.81. The second kappa shape index (κ2) is 4.93. The summed E-state index contributed by atoms with van der Waals surface area (Å²) >= 11 is 5.73. The van der Waals surface area contributed by atoms with Crippen molar-refractivity contribution in [1.29, 1.82) is 0 Å². The van der Waals surface area contributed by atoms with E-state index < -0.39 is 5.38 Å². The van der Waals surface area contributed by atoms with Crippen molar-refractivity contribution in [3.63, 3.8) is 0 Å². The molecule has 1 atom stereocenters. The number of carbonyl (C=O) groups is 1. The minimum Gasteiger partial charge on any atom is -0.504 e. The Morgan fingerprint density at radius 3 is 2.94 bits per heavy atom. The summed E-state index contributed by atoms with van der Waals surface area (Å²) in [6.45, 7) is 3.21. The summed E-state index contributed by atoms with van der Waals surface area (Å²) < 4.78 is 1.71. The first-order valence-corrected chi connectivity index (χ1v) is 5.19. The van der Waals surface area contributed by atoms with Crippen LogP contribution in [0.15, 0.2) is 6.20 Å². The highest BCUT2D eigenvalue weighted by Crippen LogP contribution is 2.22. The van der Waals surface area contributed by atoms with Crippen molar-refractivity contribution in [2.45, 2.75) is 25.4 Å². The molecule has 16 heavy (non-hydrogen) atoms. The Morgan fingerprint density at radius 2 is 2.31 bits per heavy atom. The Labute approximate surface area is 104 Å². The number of rotatable bonds is 1. The molecule has 0 aliphatic carbocycles. The molecular weight excluding hydrogens is 253 g/mol. The second-order valence-corrected chi connectivity index (χ2v) is 4.23. The summed E-state index contributed by atoms with van der Waals surface area (Å²) in [6, 6.07) is 0. The Balaban J connectivity index is 0.00000128. The van der Waals surface area contributed by atoms with E-state index in [2.05, 4.69) is 5.10 Å². The van der Waals surface area contributed by atoms with E-state index in [1.54, 1.807) is 16.5 Å². The van der Waals surface area contributed by atoms with E-state index in [-0.39, 0.29) is 24.1 Å². The average Bonchev–Trinajstić information content (AvgIpc) is 2.59. The number of hydrogen-bond donors (Lipinski definition) is 1. The molecule has 0 aromatic carbocycles. The van der Waals surface area contributed by atoms with Crippen molar-refractivity contribution in [3.8, 4) is 5.75 Å². The second-order valence-electron chi connectivity index (χ2n) is 3.58. The topological polar surface area (TPSA) is 58.4 Å². The average molecular weight is 266 g/mol. The lowest BCUT2D eigenvalue weighted by Crippen LogP contribution is -2.41. The van der Waals surface area contributed by atoms with Crippen molar-refractivity contribution in [2.75, 3.05) is 6.54 Å². The third-order valence-electron chi connectivity index (χ3n) is 2.50. The van der Waals surface area contributed by atoms with Crippen LogP contribution >= 0.6 is 24.0 Å². The molecule has 0 spiro atoms.